The highest BCUT2D eigenvalue weighted by atomic mass is 16.6. The zero-order valence-electron chi connectivity index (χ0n) is 40.8. The summed E-state index contributed by atoms with van der Waals surface area (Å²) in [5, 5.41) is 2.69. The summed E-state index contributed by atoms with van der Waals surface area (Å²) in [6.45, 7) is 6.06. The summed E-state index contributed by atoms with van der Waals surface area (Å²) in [7, 11) is 0. The smallest absolute Gasteiger partial charge is 0.291 e. The molecule has 0 radical (unpaired) electrons. The number of rotatable bonds is 10. The molecule has 3 aliphatic rings. The van der Waals surface area contributed by atoms with E-state index in [0.717, 1.165) is 108 Å². The van der Waals surface area contributed by atoms with Crippen LogP contribution in [0.3, 0.4) is 0 Å². The summed E-state index contributed by atoms with van der Waals surface area (Å²) in [6.07, 6.45) is 18.8. The molecule has 15 rings (SSSR count). The Morgan fingerprint density at radius 2 is 1.29 bits per heavy atom. The van der Waals surface area contributed by atoms with E-state index in [9.17, 15) is 0 Å². The van der Waals surface area contributed by atoms with Crippen LogP contribution in [0.4, 0.5) is 0 Å². The molecular weight excluding hydrogens is 941 g/mol. The molecule has 7 aromatic heterocycles. The highest BCUT2D eigenvalue weighted by Gasteiger charge is 2.41. The van der Waals surface area contributed by atoms with Gasteiger partial charge in [-0.2, -0.15) is 0 Å². The fraction of sp³-hybridized carbons (Fsp3) is 0.111. The number of allylic oxidation sites excluding steroid dienone is 3. The van der Waals surface area contributed by atoms with Gasteiger partial charge < -0.3 is 40.9 Å². The lowest BCUT2D eigenvalue weighted by atomic mass is 9.85. The number of aryl methyl sites for hydroxylation is 2. The predicted octanol–water partition coefficient (Wildman–Crippen LogP) is 16.5. The van der Waals surface area contributed by atoms with Crippen LogP contribution in [0.1, 0.15) is 47.7 Å². The number of aromatic nitrogens is 4. The maximum atomic E-state index is 6.94. The lowest BCUT2D eigenvalue weighted by molar-refractivity contribution is 0.272. The third kappa shape index (κ3) is 6.97. The summed E-state index contributed by atoms with van der Waals surface area (Å²) < 4.78 is 55.4. The SMILES string of the molecule is Cc1ccc(-c2nccn2C2=CC=CC3c4cccc(-c5cccc(Oc6cc7cc8oc(Oc9cccc(-c%10cccc%11c%12c(oc%10%11)C(C)(n%10ccnc%10-c%10ccc(C)o%10)CC=C%12)c9)cc8cc7o6)c5)c4OC23)o1. The van der Waals surface area contributed by atoms with Crippen LogP contribution in [-0.4, -0.2) is 25.2 Å². The number of fused-ring (bicyclic) bond motifs is 8. The van der Waals surface area contributed by atoms with E-state index in [1.807, 2.05) is 117 Å². The average molecular weight is 985 g/mol. The van der Waals surface area contributed by atoms with Gasteiger partial charge >= 0.3 is 0 Å². The van der Waals surface area contributed by atoms with E-state index < -0.39 is 5.54 Å². The van der Waals surface area contributed by atoms with E-state index in [2.05, 4.69) is 100.0 Å². The molecule has 5 aromatic carbocycles. The Labute approximate surface area is 428 Å². The average Bonchev–Trinajstić information content (AvgIpc) is 4.29. The van der Waals surface area contributed by atoms with Crippen molar-refractivity contribution in [3.8, 4) is 74.6 Å². The number of ether oxygens (including phenoxy) is 3. The predicted molar refractivity (Wildman–Crippen MR) is 286 cm³/mol. The number of hydrogen-bond donors (Lipinski definition) is 0. The Morgan fingerprint density at radius 1 is 0.640 bits per heavy atom. The van der Waals surface area contributed by atoms with Crippen LogP contribution < -0.4 is 14.2 Å². The van der Waals surface area contributed by atoms with Gasteiger partial charge in [0.2, 0.25) is 0 Å². The van der Waals surface area contributed by atoms with Crippen LogP contribution in [0.15, 0.2) is 205 Å². The van der Waals surface area contributed by atoms with Crippen molar-refractivity contribution in [1.29, 1.82) is 0 Å². The number of benzene rings is 5. The minimum absolute atomic E-state index is 0.0245. The molecular formula is C63H44N4O8. The van der Waals surface area contributed by atoms with Gasteiger partial charge in [0.15, 0.2) is 23.2 Å². The van der Waals surface area contributed by atoms with Gasteiger partial charge in [0.25, 0.3) is 11.9 Å². The molecule has 3 unspecified atom stereocenters. The molecule has 0 fully saturated rings. The molecule has 0 bridgehead atoms. The minimum atomic E-state index is -0.544. The van der Waals surface area contributed by atoms with Gasteiger partial charge in [-0.05, 0) is 105 Å². The normalized spacial score (nSPS) is 17.6. The highest BCUT2D eigenvalue weighted by molar-refractivity contribution is 5.99. The van der Waals surface area contributed by atoms with Crippen molar-refractivity contribution >= 4 is 44.7 Å². The summed E-state index contributed by atoms with van der Waals surface area (Å²) in [5.74, 6) is 8.26. The minimum Gasteiger partial charge on any atom is -0.482 e. The largest absolute Gasteiger partial charge is 0.482 e. The second-order valence-electron chi connectivity index (χ2n) is 19.6. The maximum absolute atomic E-state index is 6.94. The van der Waals surface area contributed by atoms with Crippen molar-refractivity contribution in [2.75, 3.05) is 0 Å². The number of imidazole rings is 2. The Hall–Kier alpha value is -9.68. The van der Waals surface area contributed by atoms with Crippen LogP contribution >= 0.6 is 0 Å². The highest BCUT2D eigenvalue weighted by Crippen LogP contribution is 2.51. The molecule has 12 aromatic rings. The van der Waals surface area contributed by atoms with E-state index in [-0.39, 0.29) is 12.0 Å². The van der Waals surface area contributed by atoms with E-state index in [0.29, 0.717) is 40.3 Å². The number of furan rings is 5. The number of hydrogen-bond acceptors (Lipinski definition) is 10. The van der Waals surface area contributed by atoms with Gasteiger partial charge in [-0.3, -0.25) is 4.57 Å². The second-order valence-corrected chi connectivity index (χ2v) is 19.6. The van der Waals surface area contributed by atoms with Crippen molar-refractivity contribution < 1.29 is 36.3 Å². The van der Waals surface area contributed by atoms with Gasteiger partial charge in [0, 0.05) is 81.3 Å². The van der Waals surface area contributed by atoms with Crippen molar-refractivity contribution in [2.24, 2.45) is 0 Å². The van der Waals surface area contributed by atoms with E-state index in [4.69, 9.17) is 41.3 Å². The van der Waals surface area contributed by atoms with Crippen LogP contribution in [0.5, 0.6) is 29.1 Å². The lowest BCUT2D eigenvalue weighted by Crippen LogP contribution is -2.32. The Balaban J connectivity index is 0.668. The van der Waals surface area contributed by atoms with Gasteiger partial charge in [-0.15, -0.1) is 0 Å². The number of para-hydroxylation sites is 2. The molecule has 3 atom stereocenters. The van der Waals surface area contributed by atoms with Crippen molar-refractivity contribution in [3.05, 3.63) is 211 Å². The van der Waals surface area contributed by atoms with Gasteiger partial charge in [0.05, 0.1) is 5.70 Å². The summed E-state index contributed by atoms with van der Waals surface area (Å²) in [6, 6.07) is 44.0. The first kappa shape index (κ1) is 43.0. The molecule has 364 valence electrons. The zero-order valence-corrected chi connectivity index (χ0v) is 40.8. The molecule has 2 aliphatic carbocycles. The Kier molecular flexibility index (Phi) is 9.40. The lowest BCUT2D eigenvalue weighted by Gasteiger charge is -2.32. The van der Waals surface area contributed by atoms with Gasteiger partial charge in [0.1, 0.15) is 62.9 Å². The molecule has 0 amide bonds. The van der Waals surface area contributed by atoms with Crippen LogP contribution in [0, 0.1) is 13.8 Å². The van der Waals surface area contributed by atoms with E-state index in [1.54, 1.807) is 6.20 Å². The Morgan fingerprint density at radius 3 is 2.01 bits per heavy atom. The first-order valence-corrected chi connectivity index (χ1v) is 24.9. The summed E-state index contributed by atoms with van der Waals surface area (Å²) in [5.41, 5.74) is 8.54. The van der Waals surface area contributed by atoms with Crippen LogP contribution in [0.25, 0.3) is 90.1 Å². The van der Waals surface area contributed by atoms with E-state index in [1.165, 1.54) is 0 Å². The monoisotopic (exact) mass is 984 g/mol. The molecule has 0 N–H and O–H groups in total. The molecule has 1 aliphatic heterocycles. The summed E-state index contributed by atoms with van der Waals surface area (Å²) >= 11 is 0. The second kappa shape index (κ2) is 16.4. The van der Waals surface area contributed by atoms with Gasteiger partial charge in [-0.25, -0.2) is 9.97 Å². The molecule has 0 saturated carbocycles. The van der Waals surface area contributed by atoms with Crippen LogP contribution in [-0.2, 0) is 5.54 Å². The zero-order chi connectivity index (χ0) is 49.9. The molecule has 0 saturated heterocycles. The van der Waals surface area contributed by atoms with Crippen molar-refractivity contribution in [2.45, 2.75) is 44.8 Å². The molecule has 75 heavy (non-hydrogen) atoms. The fourth-order valence-corrected chi connectivity index (χ4v) is 11.2. The molecule has 12 nitrogen and oxygen atoms in total. The molecule has 0 spiro atoms. The maximum Gasteiger partial charge on any atom is 0.291 e. The Bertz CT molecular complexity index is 4300. The number of nitrogens with zero attached hydrogens (tertiary/aromatic N) is 4. The first-order valence-electron chi connectivity index (χ1n) is 24.9. The summed E-state index contributed by atoms with van der Waals surface area (Å²) in [4.78, 5) is 9.34. The fourth-order valence-electron chi connectivity index (χ4n) is 11.2. The van der Waals surface area contributed by atoms with Crippen LogP contribution in [0.2, 0.25) is 0 Å². The quantitative estimate of drug-likeness (QED) is 0.131. The third-order valence-corrected chi connectivity index (χ3v) is 14.7. The van der Waals surface area contributed by atoms with Crippen molar-refractivity contribution in [3.63, 3.8) is 0 Å². The first-order chi connectivity index (χ1) is 36.8. The van der Waals surface area contributed by atoms with Crippen molar-refractivity contribution in [1.82, 2.24) is 19.1 Å². The third-order valence-electron chi connectivity index (χ3n) is 14.7. The standard InChI is InChI=1S/C63H44N4O8/c1-36-21-23-51(68-36)61-64-26-28-66(61)50-20-8-18-47-46-16-6-14-44(57(46)74-59(47)50)38-10-4-12-42(30-38)70-55-34-40-32-54-41(33-53(40)72-55)35-56(73-54)71-43-13-5-11-39(31-43)45-15-7-17-48-49-19-9-25-63(3,60(49)75-58(45)48)67-29-27-65-62(67)52-24-22-37(2)69-52/h4-24,26-35,47,59H,25H2,1-3H3. The molecule has 12 heteroatoms. The van der Waals surface area contributed by atoms with Gasteiger partial charge in [-0.1, -0.05) is 85.0 Å². The van der Waals surface area contributed by atoms with E-state index >= 15 is 0 Å². The topological polar surface area (TPSA) is 129 Å². The molecule has 8 heterocycles.